The van der Waals surface area contributed by atoms with Gasteiger partial charge in [0, 0.05) is 0 Å². The number of carbonyl (C=O) groups excluding carboxylic acids is 1. The third-order valence-corrected chi connectivity index (χ3v) is 8.07. The lowest BCUT2D eigenvalue weighted by molar-refractivity contribution is -0.139. The molecule has 0 radical (unpaired) electrons. The summed E-state index contributed by atoms with van der Waals surface area (Å²) in [6.07, 6.45) is 1.85. The van der Waals surface area contributed by atoms with Crippen LogP contribution in [0.1, 0.15) is 36.6 Å². The minimum Gasteiger partial charge on any atom is -0.489 e. The highest BCUT2D eigenvalue weighted by molar-refractivity contribution is 7.07. The van der Waals surface area contributed by atoms with Crippen LogP contribution < -0.4 is 19.6 Å². The number of fused-ring (bicyclic) bond motifs is 2. The highest BCUT2D eigenvalue weighted by Gasteiger charge is 2.33. The Bertz CT molecular complexity index is 1950. The van der Waals surface area contributed by atoms with E-state index in [1.165, 1.54) is 22.1 Å². The second-order valence-electron chi connectivity index (χ2n) is 9.71. The van der Waals surface area contributed by atoms with Crippen molar-refractivity contribution in [2.24, 2.45) is 4.99 Å². The van der Waals surface area contributed by atoms with Crippen molar-refractivity contribution in [1.82, 2.24) is 4.57 Å². The third-order valence-electron chi connectivity index (χ3n) is 7.08. The fourth-order valence-corrected chi connectivity index (χ4v) is 6.18. The average molecular weight is 561 g/mol. The Balaban J connectivity index is 1.31. The number of rotatable bonds is 7. The summed E-state index contributed by atoms with van der Waals surface area (Å²) in [5.41, 5.74) is 3.55. The standard InChI is InChI=1S/C34H28N2O4S/c1-3-39-33(38)30-22(2)35-34-36(31(30)25-11-5-4-6-12-25)32(37)29(41-34)20-23-16-18-27(19-17-23)40-21-26-14-9-13-24-10-7-8-15-28(24)26/h4-20,31H,3,21H2,1-2H3/b29-20-/t31-/m1/s1. The van der Waals surface area contributed by atoms with E-state index >= 15 is 0 Å². The maximum atomic E-state index is 13.8. The van der Waals surface area contributed by atoms with Gasteiger partial charge in [-0.3, -0.25) is 9.36 Å². The molecule has 1 aliphatic heterocycles. The molecule has 0 spiro atoms. The average Bonchev–Trinajstić information content (AvgIpc) is 3.30. The van der Waals surface area contributed by atoms with E-state index in [0.29, 0.717) is 27.2 Å². The molecule has 0 bridgehead atoms. The summed E-state index contributed by atoms with van der Waals surface area (Å²) in [7, 11) is 0. The van der Waals surface area contributed by atoms with Gasteiger partial charge >= 0.3 is 5.97 Å². The Morgan fingerprint density at radius 1 is 0.951 bits per heavy atom. The van der Waals surface area contributed by atoms with E-state index in [0.717, 1.165) is 22.4 Å². The predicted octanol–water partition coefficient (Wildman–Crippen LogP) is 5.53. The SMILES string of the molecule is CCOC(=O)C1=C(C)N=c2s/c(=C\c3ccc(OCc4cccc5ccccc45)cc3)c(=O)n2[C@@H]1c1ccccc1. The van der Waals surface area contributed by atoms with Gasteiger partial charge in [-0.25, -0.2) is 9.79 Å². The number of aromatic nitrogens is 1. The van der Waals surface area contributed by atoms with Crippen molar-refractivity contribution in [3.8, 4) is 5.75 Å². The molecule has 7 heteroatoms. The summed E-state index contributed by atoms with van der Waals surface area (Å²) >= 11 is 1.31. The molecule has 2 heterocycles. The van der Waals surface area contributed by atoms with Crippen molar-refractivity contribution in [3.63, 3.8) is 0 Å². The van der Waals surface area contributed by atoms with Gasteiger partial charge in [0.05, 0.1) is 28.5 Å². The molecule has 0 N–H and O–H groups in total. The van der Waals surface area contributed by atoms with Crippen molar-refractivity contribution in [2.75, 3.05) is 6.61 Å². The van der Waals surface area contributed by atoms with Gasteiger partial charge in [-0.1, -0.05) is 96.3 Å². The number of hydrogen-bond donors (Lipinski definition) is 0. The van der Waals surface area contributed by atoms with Gasteiger partial charge in [0.2, 0.25) is 0 Å². The molecule has 0 fully saturated rings. The molecule has 1 aromatic heterocycles. The molecule has 0 aliphatic carbocycles. The maximum Gasteiger partial charge on any atom is 0.338 e. The van der Waals surface area contributed by atoms with E-state index in [1.54, 1.807) is 18.4 Å². The summed E-state index contributed by atoms with van der Waals surface area (Å²) in [5, 5.41) is 2.36. The lowest BCUT2D eigenvalue weighted by atomic mass is 9.96. The number of esters is 1. The van der Waals surface area contributed by atoms with Crippen molar-refractivity contribution >= 4 is 34.2 Å². The minimum atomic E-state index is -0.613. The second kappa shape index (κ2) is 11.4. The molecule has 6 nitrogen and oxygen atoms in total. The Morgan fingerprint density at radius 3 is 2.46 bits per heavy atom. The number of carbonyl (C=O) groups is 1. The number of allylic oxidation sites excluding steroid dienone is 1. The van der Waals surface area contributed by atoms with E-state index in [-0.39, 0.29) is 12.2 Å². The van der Waals surface area contributed by atoms with Gasteiger partial charge in [-0.2, -0.15) is 0 Å². The molecule has 0 amide bonds. The van der Waals surface area contributed by atoms with Crippen molar-refractivity contribution in [1.29, 1.82) is 0 Å². The molecule has 0 saturated carbocycles. The molecular weight excluding hydrogens is 532 g/mol. The molecule has 5 aromatic rings. The van der Waals surface area contributed by atoms with Crippen LogP contribution in [0.3, 0.4) is 0 Å². The number of benzene rings is 4. The van der Waals surface area contributed by atoms with Crippen molar-refractivity contribution < 1.29 is 14.3 Å². The van der Waals surface area contributed by atoms with Gasteiger partial charge in [0.25, 0.3) is 5.56 Å². The Hall–Kier alpha value is -4.75. The van der Waals surface area contributed by atoms with Crippen LogP contribution in [-0.2, 0) is 16.1 Å². The molecule has 0 unspecified atom stereocenters. The number of ether oxygens (including phenoxy) is 2. The van der Waals surface area contributed by atoms with Gasteiger partial charge in [0.1, 0.15) is 12.4 Å². The first kappa shape index (κ1) is 26.5. The highest BCUT2D eigenvalue weighted by Crippen LogP contribution is 2.30. The number of nitrogens with zero attached hydrogens (tertiary/aromatic N) is 2. The first-order valence-electron chi connectivity index (χ1n) is 13.5. The Morgan fingerprint density at radius 2 is 1.68 bits per heavy atom. The Labute approximate surface area is 241 Å². The topological polar surface area (TPSA) is 69.9 Å². The quantitative estimate of drug-likeness (QED) is 0.246. The Kier molecular flexibility index (Phi) is 7.35. The summed E-state index contributed by atoms with van der Waals surface area (Å²) in [4.78, 5) is 31.9. The van der Waals surface area contributed by atoms with Crippen molar-refractivity contribution in [3.05, 3.63) is 145 Å². The van der Waals surface area contributed by atoms with E-state index < -0.39 is 12.0 Å². The summed E-state index contributed by atoms with van der Waals surface area (Å²) in [6.45, 7) is 4.25. The molecule has 1 aliphatic rings. The van der Waals surface area contributed by atoms with Crippen LogP contribution in [0, 0.1) is 0 Å². The minimum absolute atomic E-state index is 0.201. The van der Waals surface area contributed by atoms with Crippen LogP contribution in [0.2, 0.25) is 0 Å². The van der Waals surface area contributed by atoms with Gasteiger partial charge in [-0.15, -0.1) is 0 Å². The molecule has 4 aromatic carbocycles. The van der Waals surface area contributed by atoms with E-state index in [9.17, 15) is 9.59 Å². The fraction of sp³-hybridized carbons (Fsp3) is 0.147. The van der Waals surface area contributed by atoms with E-state index in [1.807, 2.05) is 78.9 Å². The fourth-order valence-electron chi connectivity index (χ4n) is 5.13. The summed E-state index contributed by atoms with van der Waals surface area (Å²) < 4.78 is 13.6. The molecule has 6 rings (SSSR count). The first-order chi connectivity index (χ1) is 20.0. The van der Waals surface area contributed by atoms with Crippen molar-refractivity contribution in [2.45, 2.75) is 26.5 Å². The zero-order valence-electron chi connectivity index (χ0n) is 22.7. The highest BCUT2D eigenvalue weighted by atomic mass is 32.1. The number of hydrogen-bond acceptors (Lipinski definition) is 6. The normalized spacial score (nSPS) is 15.0. The molecule has 204 valence electrons. The molecule has 0 saturated heterocycles. The molecule has 41 heavy (non-hydrogen) atoms. The van der Waals surface area contributed by atoms with Crippen LogP contribution in [-0.4, -0.2) is 17.1 Å². The third kappa shape index (κ3) is 5.24. The number of thiazole rings is 1. The summed E-state index contributed by atoms with van der Waals surface area (Å²) in [6, 6.07) is 31.1. The monoisotopic (exact) mass is 560 g/mol. The smallest absolute Gasteiger partial charge is 0.338 e. The first-order valence-corrected chi connectivity index (χ1v) is 14.3. The van der Waals surface area contributed by atoms with Gasteiger partial charge in [-0.05, 0) is 59.5 Å². The van der Waals surface area contributed by atoms with Crippen LogP contribution in [0.25, 0.3) is 16.8 Å². The zero-order chi connectivity index (χ0) is 28.3. The largest absolute Gasteiger partial charge is 0.489 e. The van der Waals surface area contributed by atoms with Crippen LogP contribution in [0.5, 0.6) is 5.75 Å². The molecule has 1 atom stereocenters. The zero-order valence-corrected chi connectivity index (χ0v) is 23.6. The lowest BCUT2D eigenvalue weighted by Crippen LogP contribution is -2.39. The van der Waals surface area contributed by atoms with Gasteiger partial charge < -0.3 is 9.47 Å². The van der Waals surface area contributed by atoms with Gasteiger partial charge in [0.15, 0.2) is 4.80 Å². The van der Waals surface area contributed by atoms with E-state index in [2.05, 4.69) is 29.3 Å². The van der Waals surface area contributed by atoms with Crippen LogP contribution in [0.15, 0.2) is 118 Å². The van der Waals surface area contributed by atoms with Crippen LogP contribution in [0.4, 0.5) is 0 Å². The van der Waals surface area contributed by atoms with E-state index in [4.69, 9.17) is 9.47 Å². The van der Waals surface area contributed by atoms with Crippen LogP contribution >= 0.6 is 11.3 Å². The molecular formula is C34H28N2O4S. The second-order valence-corrected chi connectivity index (χ2v) is 10.7. The lowest BCUT2D eigenvalue weighted by Gasteiger charge is -2.24. The summed E-state index contributed by atoms with van der Waals surface area (Å²) in [5.74, 6) is 0.284. The predicted molar refractivity (Wildman–Crippen MR) is 162 cm³/mol. The maximum absolute atomic E-state index is 13.8.